The highest BCUT2D eigenvalue weighted by Crippen LogP contribution is 2.29. The summed E-state index contributed by atoms with van der Waals surface area (Å²) < 4.78 is 11.0. The van der Waals surface area contributed by atoms with Gasteiger partial charge in [0.25, 0.3) is 4.80 Å². The molecule has 2 aromatic rings. The first-order chi connectivity index (χ1) is 7.81. The first-order valence-electron chi connectivity index (χ1n) is 5.07. The first-order valence-corrected chi connectivity index (χ1v) is 5.87. The third kappa shape index (κ3) is 2.09. The van der Waals surface area contributed by atoms with E-state index >= 15 is 0 Å². The smallest absolute Gasteiger partial charge is 0.285 e. The molecule has 0 spiro atoms. The van der Waals surface area contributed by atoms with Crippen molar-refractivity contribution in [3.63, 3.8) is 0 Å². The van der Waals surface area contributed by atoms with Crippen molar-refractivity contribution >= 4 is 15.9 Å². The van der Waals surface area contributed by atoms with Gasteiger partial charge in [0.05, 0.1) is 6.10 Å². The number of rotatable bonds is 3. The molecular weight excluding hydrogens is 272 g/mol. The van der Waals surface area contributed by atoms with E-state index in [1.54, 1.807) is 0 Å². The van der Waals surface area contributed by atoms with Gasteiger partial charge >= 0.3 is 0 Å². The van der Waals surface area contributed by atoms with E-state index in [-0.39, 0.29) is 0 Å². The van der Waals surface area contributed by atoms with Crippen molar-refractivity contribution in [3.05, 3.63) is 29.1 Å². The molecule has 0 atom stereocenters. The van der Waals surface area contributed by atoms with Crippen molar-refractivity contribution in [2.45, 2.75) is 18.9 Å². The zero-order valence-corrected chi connectivity index (χ0v) is 9.98. The zero-order valence-electron chi connectivity index (χ0n) is 8.39. The average molecular weight is 281 g/mol. The number of halogens is 1. The first kappa shape index (κ1) is 9.84. The number of ether oxygens (including phenoxy) is 1. The van der Waals surface area contributed by atoms with Gasteiger partial charge in [0, 0.05) is 21.5 Å². The Bertz CT molecular complexity index is 508. The maximum atomic E-state index is 5.69. The summed E-state index contributed by atoms with van der Waals surface area (Å²) in [6, 6.07) is 7.69. The molecule has 5 heteroatoms. The molecule has 1 fully saturated rings. The van der Waals surface area contributed by atoms with Crippen LogP contribution in [0.5, 0.6) is 5.75 Å². The highest BCUT2D eigenvalue weighted by atomic mass is 79.9. The van der Waals surface area contributed by atoms with Crippen LogP contribution >= 0.6 is 15.9 Å². The molecule has 3 rings (SSSR count). The summed E-state index contributed by atoms with van der Waals surface area (Å²) in [4.78, 5) is 0.385. The van der Waals surface area contributed by atoms with Gasteiger partial charge in [-0.15, -0.1) is 10.2 Å². The van der Waals surface area contributed by atoms with Crippen molar-refractivity contribution in [1.29, 1.82) is 0 Å². The fourth-order valence-corrected chi connectivity index (χ4v) is 1.64. The van der Waals surface area contributed by atoms with Gasteiger partial charge in [-0.05, 0) is 31.0 Å². The predicted octanol–water partition coefficient (Wildman–Crippen LogP) is 3.04. The summed E-state index contributed by atoms with van der Waals surface area (Å²) in [5.74, 6) is 1.35. The van der Waals surface area contributed by atoms with Gasteiger partial charge in [0.15, 0.2) is 0 Å². The van der Waals surface area contributed by atoms with Crippen LogP contribution in [0.4, 0.5) is 0 Å². The van der Waals surface area contributed by atoms with Crippen LogP contribution in [0.2, 0.25) is 0 Å². The Morgan fingerprint density at radius 3 is 2.88 bits per heavy atom. The van der Waals surface area contributed by atoms with E-state index in [9.17, 15) is 0 Å². The Kier molecular flexibility index (Phi) is 2.40. The fraction of sp³-hybridized carbons (Fsp3) is 0.273. The second-order valence-corrected chi connectivity index (χ2v) is 4.38. The minimum Gasteiger partial charge on any atom is -0.490 e. The molecule has 0 aliphatic heterocycles. The van der Waals surface area contributed by atoms with E-state index in [1.807, 2.05) is 24.3 Å². The van der Waals surface area contributed by atoms with Crippen LogP contribution in [0.15, 0.2) is 33.5 Å². The van der Waals surface area contributed by atoms with Gasteiger partial charge in [0.2, 0.25) is 5.89 Å². The number of aromatic nitrogens is 2. The lowest BCUT2D eigenvalue weighted by molar-refractivity contribution is 0.303. The SMILES string of the molecule is Brc1nnc(-c2cccc(OC3CC3)c2)o1. The molecule has 1 heterocycles. The zero-order chi connectivity index (χ0) is 11.0. The number of hydrogen-bond acceptors (Lipinski definition) is 4. The Hall–Kier alpha value is -1.36. The summed E-state index contributed by atoms with van der Waals surface area (Å²) in [5.41, 5.74) is 0.872. The average Bonchev–Trinajstić information content (AvgIpc) is 2.98. The van der Waals surface area contributed by atoms with Gasteiger partial charge < -0.3 is 9.15 Å². The van der Waals surface area contributed by atoms with Crippen LogP contribution in [-0.4, -0.2) is 16.3 Å². The van der Waals surface area contributed by atoms with Gasteiger partial charge in [0.1, 0.15) is 5.75 Å². The monoisotopic (exact) mass is 280 g/mol. The number of nitrogens with zero attached hydrogens (tertiary/aromatic N) is 2. The molecule has 82 valence electrons. The summed E-state index contributed by atoms with van der Waals surface area (Å²) >= 11 is 3.13. The van der Waals surface area contributed by atoms with Gasteiger partial charge in [-0.2, -0.15) is 0 Å². The molecule has 1 aliphatic carbocycles. The van der Waals surface area contributed by atoms with Crippen LogP contribution in [0.3, 0.4) is 0 Å². The largest absolute Gasteiger partial charge is 0.490 e. The molecular formula is C11H9BrN2O2. The summed E-state index contributed by atoms with van der Waals surface area (Å²) in [6.07, 6.45) is 2.69. The minimum absolute atomic E-state index is 0.385. The topological polar surface area (TPSA) is 48.2 Å². The summed E-state index contributed by atoms with van der Waals surface area (Å²) in [5, 5.41) is 7.66. The third-order valence-corrected chi connectivity index (χ3v) is 2.63. The molecule has 0 saturated heterocycles. The maximum absolute atomic E-state index is 5.69. The van der Waals surface area contributed by atoms with Gasteiger partial charge in [-0.25, -0.2) is 0 Å². The van der Waals surface area contributed by atoms with E-state index in [0.29, 0.717) is 16.8 Å². The minimum atomic E-state index is 0.385. The molecule has 0 bridgehead atoms. The molecule has 1 aliphatic rings. The standard InChI is InChI=1S/C11H9BrN2O2/c12-11-14-13-10(16-11)7-2-1-3-9(6-7)15-8-4-5-8/h1-3,6,8H,4-5H2. The van der Waals surface area contributed by atoms with Gasteiger partial charge in [-0.1, -0.05) is 6.07 Å². The lowest BCUT2D eigenvalue weighted by atomic mass is 10.2. The Morgan fingerprint density at radius 1 is 1.31 bits per heavy atom. The van der Waals surface area contributed by atoms with E-state index in [0.717, 1.165) is 24.2 Å². The molecule has 1 aromatic heterocycles. The highest BCUT2D eigenvalue weighted by Gasteiger charge is 2.23. The molecule has 0 unspecified atom stereocenters. The Morgan fingerprint density at radius 2 is 2.19 bits per heavy atom. The summed E-state index contributed by atoms with van der Waals surface area (Å²) in [7, 11) is 0. The molecule has 0 radical (unpaired) electrons. The molecule has 16 heavy (non-hydrogen) atoms. The molecule has 4 nitrogen and oxygen atoms in total. The molecule has 1 aromatic carbocycles. The highest BCUT2D eigenvalue weighted by molar-refractivity contribution is 9.10. The number of hydrogen-bond donors (Lipinski definition) is 0. The van der Waals surface area contributed by atoms with Crippen LogP contribution in [0.1, 0.15) is 12.8 Å². The van der Waals surface area contributed by atoms with Crippen molar-refractivity contribution in [1.82, 2.24) is 10.2 Å². The van der Waals surface area contributed by atoms with Crippen molar-refractivity contribution in [2.24, 2.45) is 0 Å². The normalized spacial score (nSPS) is 15.1. The number of benzene rings is 1. The van der Waals surface area contributed by atoms with Crippen LogP contribution in [0, 0.1) is 0 Å². The molecule has 0 N–H and O–H groups in total. The van der Waals surface area contributed by atoms with Crippen molar-refractivity contribution in [2.75, 3.05) is 0 Å². The van der Waals surface area contributed by atoms with E-state index in [2.05, 4.69) is 26.1 Å². The molecule has 0 amide bonds. The summed E-state index contributed by atoms with van der Waals surface area (Å²) in [6.45, 7) is 0. The predicted molar refractivity (Wildman–Crippen MR) is 61.1 cm³/mol. The van der Waals surface area contributed by atoms with Gasteiger partial charge in [-0.3, -0.25) is 0 Å². The Balaban J connectivity index is 1.88. The third-order valence-electron chi connectivity index (χ3n) is 2.31. The maximum Gasteiger partial charge on any atom is 0.285 e. The second-order valence-electron chi connectivity index (χ2n) is 3.71. The van der Waals surface area contributed by atoms with E-state index in [1.165, 1.54) is 0 Å². The van der Waals surface area contributed by atoms with Crippen molar-refractivity contribution < 1.29 is 9.15 Å². The van der Waals surface area contributed by atoms with Crippen LogP contribution < -0.4 is 4.74 Å². The van der Waals surface area contributed by atoms with E-state index in [4.69, 9.17) is 9.15 Å². The van der Waals surface area contributed by atoms with E-state index < -0.39 is 0 Å². The van der Waals surface area contributed by atoms with Crippen LogP contribution in [-0.2, 0) is 0 Å². The second kappa shape index (κ2) is 3.90. The quantitative estimate of drug-likeness (QED) is 0.867. The van der Waals surface area contributed by atoms with Crippen molar-refractivity contribution in [3.8, 4) is 17.2 Å². The lowest BCUT2D eigenvalue weighted by Gasteiger charge is -2.04. The fourth-order valence-electron chi connectivity index (χ4n) is 1.40. The molecule has 1 saturated carbocycles. The lowest BCUT2D eigenvalue weighted by Crippen LogP contribution is -1.95. The van der Waals surface area contributed by atoms with Crippen LogP contribution in [0.25, 0.3) is 11.5 Å². The Labute approximate surface area is 101 Å².